The lowest BCUT2D eigenvalue weighted by Crippen LogP contribution is -2.53. The molecule has 9 atom stereocenters. The van der Waals surface area contributed by atoms with Crippen molar-refractivity contribution in [3.63, 3.8) is 0 Å². The van der Waals surface area contributed by atoms with Gasteiger partial charge in [-0.2, -0.15) is 0 Å². The van der Waals surface area contributed by atoms with Gasteiger partial charge in [-0.05, 0) is 110 Å². The van der Waals surface area contributed by atoms with Gasteiger partial charge in [-0.15, -0.1) is 6.58 Å². The Bertz CT molecular complexity index is 532. The van der Waals surface area contributed by atoms with Crippen molar-refractivity contribution in [1.29, 1.82) is 0 Å². The predicted molar refractivity (Wildman–Crippen MR) is 113 cm³/mol. The Morgan fingerprint density at radius 3 is 2.38 bits per heavy atom. The Morgan fingerprint density at radius 2 is 1.73 bits per heavy atom. The second-order valence-corrected chi connectivity index (χ2v) is 11.6. The molecule has 0 amide bonds. The minimum absolute atomic E-state index is 0.482. The van der Waals surface area contributed by atoms with Gasteiger partial charge in [0.2, 0.25) is 0 Å². The van der Waals surface area contributed by atoms with E-state index < -0.39 is 0 Å². The van der Waals surface area contributed by atoms with E-state index in [1.54, 1.807) is 0 Å². The van der Waals surface area contributed by atoms with Crippen LogP contribution in [0.15, 0.2) is 12.7 Å². The first-order valence-electron chi connectivity index (χ1n) is 12.0. The van der Waals surface area contributed by atoms with E-state index in [2.05, 4.69) is 47.3 Å². The van der Waals surface area contributed by atoms with Gasteiger partial charge in [0.1, 0.15) is 0 Å². The highest BCUT2D eigenvalue weighted by Gasteiger charge is 2.60. The molecule has 0 bridgehead atoms. The SMILES string of the molecule is C=C[C@]12CC[C@@H]3C(CC[C@@]4(C)C3CC[C@@H]4C(C)C)[C@H]1C[C@H](CC)[C@H](C)C2. The van der Waals surface area contributed by atoms with Gasteiger partial charge >= 0.3 is 0 Å². The molecule has 0 heteroatoms. The number of rotatable bonds is 3. The van der Waals surface area contributed by atoms with E-state index >= 15 is 0 Å². The van der Waals surface area contributed by atoms with Gasteiger partial charge in [-0.1, -0.05) is 47.1 Å². The summed E-state index contributed by atoms with van der Waals surface area (Å²) in [6.07, 6.45) is 15.8. The van der Waals surface area contributed by atoms with Crippen LogP contribution in [0.2, 0.25) is 0 Å². The Balaban J connectivity index is 1.62. The van der Waals surface area contributed by atoms with Crippen LogP contribution in [0.3, 0.4) is 0 Å². The maximum absolute atomic E-state index is 4.40. The van der Waals surface area contributed by atoms with Crippen LogP contribution >= 0.6 is 0 Å². The summed E-state index contributed by atoms with van der Waals surface area (Å²) < 4.78 is 0. The molecule has 4 saturated carbocycles. The lowest BCUT2D eigenvalue weighted by molar-refractivity contribution is -0.106. The monoisotopic (exact) mass is 356 g/mol. The van der Waals surface area contributed by atoms with Crippen LogP contribution in [0.25, 0.3) is 0 Å². The lowest BCUT2D eigenvalue weighted by atomic mass is 9.44. The van der Waals surface area contributed by atoms with Crippen LogP contribution in [0.4, 0.5) is 0 Å². The van der Waals surface area contributed by atoms with Crippen molar-refractivity contribution in [2.75, 3.05) is 0 Å². The molecule has 0 N–H and O–H groups in total. The summed E-state index contributed by atoms with van der Waals surface area (Å²) in [4.78, 5) is 0. The molecule has 0 aromatic carbocycles. The second-order valence-electron chi connectivity index (χ2n) is 11.6. The molecular formula is C26H44. The Kier molecular flexibility index (Phi) is 4.89. The third kappa shape index (κ3) is 2.60. The van der Waals surface area contributed by atoms with E-state index in [0.717, 1.165) is 47.3 Å². The molecular weight excluding hydrogens is 312 g/mol. The fourth-order valence-corrected chi connectivity index (χ4v) is 9.31. The van der Waals surface area contributed by atoms with Crippen LogP contribution in [0.1, 0.15) is 92.4 Å². The van der Waals surface area contributed by atoms with Crippen molar-refractivity contribution in [3.05, 3.63) is 12.7 Å². The Labute approximate surface area is 163 Å². The fourth-order valence-electron chi connectivity index (χ4n) is 9.31. The zero-order chi connectivity index (χ0) is 18.7. The molecule has 4 fully saturated rings. The summed E-state index contributed by atoms with van der Waals surface area (Å²) in [5, 5.41) is 0. The molecule has 0 spiro atoms. The van der Waals surface area contributed by atoms with E-state index in [1.165, 1.54) is 57.8 Å². The normalized spacial score (nSPS) is 53.7. The van der Waals surface area contributed by atoms with Gasteiger partial charge in [-0.25, -0.2) is 0 Å². The Morgan fingerprint density at radius 1 is 1.04 bits per heavy atom. The van der Waals surface area contributed by atoms with E-state index in [1.807, 2.05) is 0 Å². The zero-order valence-electron chi connectivity index (χ0n) is 18.3. The summed E-state index contributed by atoms with van der Waals surface area (Å²) >= 11 is 0. The highest BCUT2D eigenvalue weighted by atomic mass is 14.6. The van der Waals surface area contributed by atoms with Crippen molar-refractivity contribution in [1.82, 2.24) is 0 Å². The molecule has 0 aliphatic heterocycles. The van der Waals surface area contributed by atoms with Crippen molar-refractivity contribution >= 4 is 0 Å². The van der Waals surface area contributed by atoms with Gasteiger partial charge in [0.15, 0.2) is 0 Å². The minimum Gasteiger partial charge on any atom is -0.103 e. The van der Waals surface area contributed by atoms with Gasteiger partial charge in [-0.3, -0.25) is 0 Å². The topological polar surface area (TPSA) is 0 Å². The maximum atomic E-state index is 4.40. The number of hydrogen-bond acceptors (Lipinski definition) is 0. The molecule has 0 radical (unpaired) electrons. The molecule has 0 nitrogen and oxygen atoms in total. The third-order valence-electron chi connectivity index (χ3n) is 10.6. The van der Waals surface area contributed by atoms with Crippen LogP contribution in [0.5, 0.6) is 0 Å². The molecule has 2 unspecified atom stereocenters. The van der Waals surface area contributed by atoms with Gasteiger partial charge in [0, 0.05) is 0 Å². The molecule has 0 aromatic heterocycles. The summed E-state index contributed by atoms with van der Waals surface area (Å²) in [6, 6.07) is 0. The fraction of sp³-hybridized carbons (Fsp3) is 0.923. The number of allylic oxidation sites excluding steroid dienone is 1. The third-order valence-corrected chi connectivity index (χ3v) is 10.6. The van der Waals surface area contributed by atoms with Gasteiger partial charge in [0.25, 0.3) is 0 Å². The maximum Gasteiger partial charge on any atom is -0.00871 e. The molecule has 4 aliphatic rings. The first-order chi connectivity index (χ1) is 12.4. The minimum atomic E-state index is 0.482. The standard InChI is InChI=1S/C26H44/c1-7-19-15-24-21-11-13-25(6)22(17(3)4)9-10-23(25)20(21)12-14-26(24,8-2)16-18(19)5/h8,17-24H,2,7,9-16H2,1,3-6H3/t18-,19+,20-,21?,22-,23?,24-,25-,26-/m1/s1. The summed E-state index contributed by atoms with van der Waals surface area (Å²) in [7, 11) is 0. The van der Waals surface area contributed by atoms with E-state index in [-0.39, 0.29) is 0 Å². The quantitative estimate of drug-likeness (QED) is 0.454. The zero-order valence-corrected chi connectivity index (χ0v) is 18.3. The van der Waals surface area contributed by atoms with Crippen LogP contribution in [-0.2, 0) is 0 Å². The smallest absolute Gasteiger partial charge is 0.00871 e. The highest BCUT2D eigenvalue weighted by Crippen LogP contribution is 2.68. The molecule has 0 saturated heterocycles. The van der Waals surface area contributed by atoms with Crippen LogP contribution in [-0.4, -0.2) is 0 Å². The average Bonchev–Trinajstić information content (AvgIpc) is 2.98. The lowest BCUT2D eigenvalue weighted by Gasteiger charge is -2.61. The van der Waals surface area contributed by atoms with Gasteiger partial charge in [0.05, 0.1) is 0 Å². The molecule has 0 aromatic rings. The van der Waals surface area contributed by atoms with E-state index in [0.29, 0.717) is 10.8 Å². The summed E-state index contributed by atoms with van der Waals surface area (Å²) in [5.41, 5.74) is 1.13. The number of fused-ring (bicyclic) bond motifs is 5. The highest BCUT2D eigenvalue weighted by molar-refractivity contribution is 5.13. The van der Waals surface area contributed by atoms with Crippen LogP contribution < -0.4 is 0 Å². The molecule has 4 aliphatic carbocycles. The Hall–Kier alpha value is -0.260. The van der Waals surface area contributed by atoms with Crippen molar-refractivity contribution < 1.29 is 0 Å². The van der Waals surface area contributed by atoms with Crippen molar-refractivity contribution in [2.45, 2.75) is 92.4 Å². The summed E-state index contributed by atoms with van der Waals surface area (Å²) in [5.74, 6) is 7.72. The van der Waals surface area contributed by atoms with Crippen molar-refractivity contribution in [3.8, 4) is 0 Å². The van der Waals surface area contributed by atoms with Crippen LogP contribution in [0, 0.1) is 58.2 Å². The molecule has 26 heavy (non-hydrogen) atoms. The second kappa shape index (κ2) is 6.66. The molecule has 148 valence electrons. The van der Waals surface area contributed by atoms with Crippen molar-refractivity contribution in [2.24, 2.45) is 58.2 Å². The van der Waals surface area contributed by atoms with E-state index in [4.69, 9.17) is 0 Å². The predicted octanol–water partition coefficient (Wildman–Crippen LogP) is 7.74. The number of hydrogen-bond donors (Lipinski definition) is 0. The van der Waals surface area contributed by atoms with Gasteiger partial charge < -0.3 is 0 Å². The summed E-state index contributed by atoms with van der Waals surface area (Å²) in [6.45, 7) is 17.0. The largest absolute Gasteiger partial charge is 0.103 e. The molecule has 0 heterocycles. The first-order valence-corrected chi connectivity index (χ1v) is 12.0. The molecule has 4 rings (SSSR count). The average molecular weight is 357 g/mol. The first kappa shape index (κ1) is 19.1. The van der Waals surface area contributed by atoms with E-state index in [9.17, 15) is 0 Å².